The summed E-state index contributed by atoms with van der Waals surface area (Å²) in [6.45, 7) is 7.00. The predicted octanol–water partition coefficient (Wildman–Crippen LogP) is 1.27. The Kier molecular flexibility index (Phi) is 4.96. The smallest absolute Gasteiger partial charge is 0.350 e. The van der Waals surface area contributed by atoms with Crippen LogP contribution >= 0.6 is 0 Å². The van der Waals surface area contributed by atoms with Gasteiger partial charge in [-0.05, 0) is 33.8 Å². The Labute approximate surface area is 84.8 Å². The van der Waals surface area contributed by atoms with Crippen LogP contribution in [0.4, 0.5) is 0 Å². The molecule has 1 unspecified atom stereocenters. The third-order valence-electron chi connectivity index (χ3n) is 1.35. The second kappa shape index (κ2) is 5.46. The molecule has 3 nitrogen and oxygen atoms in total. The minimum atomic E-state index is -1.72. The third kappa shape index (κ3) is 4.68. The van der Waals surface area contributed by atoms with Crippen molar-refractivity contribution in [2.75, 3.05) is 6.61 Å². The Morgan fingerprint density at radius 2 is 2.14 bits per heavy atom. The van der Waals surface area contributed by atoms with Crippen molar-refractivity contribution < 1.29 is 14.6 Å². The molecule has 1 N–H and O–H groups in total. The SMILES string of the molecule is CCOC(=O)C(C)(O)C#CC=C(C)C. The maximum Gasteiger partial charge on any atom is 0.350 e. The van der Waals surface area contributed by atoms with E-state index in [0.29, 0.717) is 0 Å². The molecule has 0 heterocycles. The first kappa shape index (κ1) is 12.7. The third-order valence-corrected chi connectivity index (χ3v) is 1.35. The highest BCUT2D eigenvalue weighted by Gasteiger charge is 2.29. The second-order valence-corrected chi connectivity index (χ2v) is 3.28. The van der Waals surface area contributed by atoms with Crippen LogP contribution in [0.3, 0.4) is 0 Å². The minimum absolute atomic E-state index is 0.235. The van der Waals surface area contributed by atoms with Crippen LogP contribution in [0.15, 0.2) is 11.6 Å². The van der Waals surface area contributed by atoms with Crippen LogP contribution in [0.2, 0.25) is 0 Å². The Balaban J connectivity index is 4.52. The van der Waals surface area contributed by atoms with Crippen LogP contribution in [0.1, 0.15) is 27.7 Å². The van der Waals surface area contributed by atoms with Gasteiger partial charge in [0.05, 0.1) is 6.61 Å². The Morgan fingerprint density at radius 3 is 2.57 bits per heavy atom. The molecule has 0 aliphatic carbocycles. The summed E-state index contributed by atoms with van der Waals surface area (Å²) in [6.07, 6.45) is 1.63. The molecule has 0 rings (SSSR count). The van der Waals surface area contributed by atoms with Gasteiger partial charge in [-0.3, -0.25) is 0 Å². The molecule has 0 saturated carbocycles. The molecule has 0 amide bonds. The summed E-state index contributed by atoms with van der Waals surface area (Å²) in [5, 5.41) is 9.55. The molecule has 0 spiro atoms. The maximum absolute atomic E-state index is 11.1. The molecule has 0 aliphatic heterocycles. The molecule has 0 saturated heterocycles. The van der Waals surface area contributed by atoms with Crippen LogP contribution in [-0.2, 0) is 9.53 Å². The lowest BCUT2D eigenvalue weighted by Gasteiger charge is -2.13. The summed E-state index contributed by atoms with van der Waals surface area (Å²) in [5.41, 5.74) is -0.709. The molecule has 1 atom stereocenters. The zero-order valence-corrected chi connectivity index (χ0v) is 9.05. The van der Waals surface area contributed by atoms with E-state index in [1.165, 1.54) is 6.92 Å². The van der Waals surface area contributed by atoms with E-state index in [4.69, 9.17) is 0 Å². The molecule has 14 heavy (non-hydrogen) atoms. The minimum Gasteiger partial charge on any atom is -0.463 e. The average molecular weight is 196 g/mol. The predicted molar refractivity (Wildman–Crippen MR) is 54.5 cm³/mol. The molecule has 0 aromatic heterocycles. The van der Waals surface area contributed by atoms with Crippen molar-refractivity contribution in [1.82, 2.24) is 0 Å². The normalized spacial score (nSPS) is 13.2. The van der Waals surface area contributed by atoms with Gasteiger partial charge in [-0.15, -0.1) is 0 Å². The monoisotopic (exact) mass is 196 g/mol. The molecule has 0 radical (unpaired) electrons. The first-order chi connectivity index (χ1) is 6.40. The van der Waals surface area contributed by atoms with Gasteiger partial charge < -0.3 is 9.84 Å². The fourth-order valence-corrected chi connectivity index (χ4v) is 0.644. The van der Waals surface area contributed by atoms with E-state index >= 15 is 0 Å². The van der Waals surface area contributed by atoms with Crippen LogP contribution in [0, 0.1) is 11.8 Å². The highest BCUT2D eigenvalue weighted by Crippen LogP contribution is 2.04. The van der Waals surface area contributed by atoms with E-state index in [0.717, 1.165) is 5.57 Å². The largest absolute Gasteiger partial charge is 0.463 e. The number of aliphatic hydroxyl groups is 1. The number of ether oxygens (including phenoxy) is 1. The number of carbonyl (C=O) groups is 1. The van der Waals surface area contributed by atoms with E-state index < -0.39 is 11.6 Å². The fraction of sp³-hybridized carbons (Fsp3) is 0.545. The quantitative estimate of drug-likeness (QED) is 0.534. The van der Waals surface area contributed by atoms with Crippen molar-refractivity contribution >= 4 is 5.97 Å². The standard InChI is InChI=1S/C11H16O3/c1-5-14-10(12)11(4,13)8-6-7-9(2)3/h7,13H,5H2,1-4H3. The van der Waals surface area contributed by atoms with Crippen LogP contribution < -0.4 is 0 Å². The van der Waals surface area contributed by atoms with Gasteiger partial charge in [-0.1, -0.05) is 17.4 Å². The topological polar surface area (TPSA) is 46.5 Å². The number of hydrogen-bond acceptors (Lipinski definition) is 3. The molecule has 78 valence electrons. The highest BCUT2D eigenvalue weighted by atomic mass is 16.5. The zero-order valence-electron chi connectivity index (χ0n) is 9.05. The highest BCUT2D eigenvalue weighted by molar-refractivity contribution is 5.82. The summed E-state index contributed by atoms with van der Waals surface area (Å²) in [6, 6.07) is 0. The molecular formula is C11H16O3. The van der Waals surface area contributed by atoms with Gasteiger partial charge in [0.1, 0.15) is 0 Å². The lowest BCUT2D eigenvalue weighted by atomic mass is 10.1. The van der Waals surface area contributed by atoms with Gasteiger partial charge in [0.15, 0.2) is 0 Å². The Bertz CT molecular complexity index is 285. The van der Waals surface area contributed by atoms with Gasteiger partial charge in [-0.2, -0.15) is 0 Å². The molecule has 0 aromatic carbocycles. The number of allylic oxidation sites excluding steroid dienone is 2. The first-order valence-corrected chi connectivity index (χ1v) is 4.45. The van der Waals surface area contributed by atoms with Crippen LogP contribution in [0.25, 0.3) is 0 Å². The summed E-state index contributed by atoms with van der Waals surface area (Å²) >= 11 is 0. The van der Waals surface area contributed by atoms with Gasteiger partial charge in [0.2, 0.25) is 5.60 Å². The van der Waals surface area contributed by atoms with Crippen molar-refractivity contribution in [3.8, 4) is 11.8 Å². The van der Waals surface area contributed by atoms with E-state index in [9.17, 15) is 9.90 Å². The summed E-state index contributed by atoms with van der Waals surface area (Å²) in [4.78, 5) is 11.1. The van der Waals surface area contributed by atoms with Gasteiger partial charge >= 0.3 is 5.97 Å². The number of hydrogen-bond donors (Lipinski definition) is 1. The van der Waals surface area contributed by atoms with Crippen LogP contribution in [-0.4, -0.2) is 23.3 Å². The van der Waals surface area contributed by atoms with Gasteiger partial charge in [0.25, 0.3) is 0 Å². The molecule has 0 fully saturated rings. The van der Waals surface area contributed by atoms with E-state index in [2.05, 4.69) is 16.6 Å². The molecule has 0 aromatic rings. The van der Waals surface area contributed by atoms with Crippen molar-refractivity contribution in [3.05, 3.63) is 11.6 Å². The first-order valence-electron chi connectivity index (χ1n) is 4.45. The van der Waals surface area contributed by atoms with Gasteiger partial charge in [0, 0.05) is 0 Å². The van der Waals surface area contributed by atoms with E-state index in [1.807, 2.05) is 13.8 Å². The Hall–Kier alpha value is -1.27. The van der Waals surface area contributed by atoms with Crippen molar-refractivity contribution in [2.45, 2.75) is 33.3 Å². The lowest BCUT2D eigenvalue weighted by molar-refractivity contribution is -0.157. The molecular weight excluding hydrogens is 180 g/mol. The fourth-order valence-electron chi connectivity index (χ4n) is 0.644. The summed E-state index contributed by atoms with van der Waals surface area (Å²) in [7, 11) is 0. The summed E-state index contributed by atoms with van der Waals surface area (Å²) in [5.74, 6) is 4.32. The van der Waals surface area contributed by atoms with E-state index in [-0.39, 0.29) is 6.61 Å². The number of carbonyl (C=O) groups excluding carboxylic acids is 1. The molecule has 3 heteroatoms. The zero-order chi connectivity index (χ0) is 11.2. The van der Waals surface area contributed by atoms with Crippen molar-refractivity contribution in [3.63, 3.8) is 0 Å². The van der Waals surface area contributed by atoms with Crippen LogP contribution in [0.5, 0.6) is 0 Å². The number of rotatable bonds is 2. The lowest BCUT2D eigenvalue weighted by Crippen LogP contribution is -2.35. The summed E-state index contributed by atoms with van der Waals surface area (Å²) < 4.78 is 4.65. The average Bonchev–Trinajstić information content (AvgIpc) is 2.03. The Morgan fingerprint density at radius 1 is 1.57 bits per heavy atom. The maximum atomic E-state index is 11.1. The van der Waals surface area contributed by atoms with Crippen molar-refractivity contribution in [1.29, 1.82) is 0 Å². The second-order valence-electron chi connectivity index (χ2n) is 3.28. The van der Waals surface area contributed by atoms with Gasteiger partial charge in [-0.25, -0.2) is 4.79 Å². The van der Waals surface area contributed by atoms with E-state index in [1.54, 1.807) is 13.0 Å². The number of esters is 1. The molecule has 0 bridgehead atoms. The van der Waals surface area contributed by atoms with Crippen molar-refractivity contribution in [2.24, 2.45) is 0 Å². The molecule has 0 aliphatic rings.